The molecule has 0 spiro atoms. The summed E-state index contributed by atoms with van der Waals surface area (Å²) in [6.45, 7) is 0.0712. The minimum atomic E-state index is -3.66. The fraction of sp³-hybridized carbons (Fsp3) is 0.138. The minimum absolute atomic E-state index is 0.158. The zero-order valence-electron chi connectivity index (χ0n) is 19.9. The Morgan fingerprint density at radius 2 is 1.28 bits per heavy atom. The van der Waals surface area contributed by atoms with E-state index in [2.05, 4.69) is 5.32 Å². The lowest BCUT2D eigenvalue weighted by atomic mass is 9.99. The normalized spacial score (nSPS) is 11.4. The maximum atomic E-state index is 12.9. The van der Waals surface area contributed by atoms with Crippen LogP contribution in [-0.4, -0.2) is 32.3 Å². The van der Waals surface area contributed by atoms with Crippen LogP contribution >= 0.6 is 0 Å². The Hall–Kier alpha value is -3.94. The summed E-state index contributed by atoms with van der Waals surface area (Å²) in [5.74, 6) is 0.123. The van der Waals surface area contributed by atoms with E-state index in [9.17, 15) is 13.2 Å². The third kappa shape index (κ3) is 6.38. The molecular weight excluding hydrogens is 472 g/mol. The molecule has 0 saturated carbocycles. The summed E-state index contributed by atoms with van der Waals surface area (Å²) in [6.07, 6.45) is 0. The van der Waals surface area contributed by atoms with Crippen LogP contribution in [0, 0.1) is 0 Å². The lowest BCUT2D eigenvalue weighted by molar-refractivity contribution is -0.123. The number of carbonyl (C=O) groups excluding carboxylic acids is 1. The van der Waals surface area contributed by atoms with Crippen molar-refractivity contribution < 1.29 is 17.9 Å². The van der Waals surface area contributed by atoms with E-state index in [1.54, 1.807) is 19.2 Å². The van der Waals surface area contributed by atoms with E-state index in [0.29, 0.717) is 5.75 Å². The van der Waals surface area contributed by atoms with Crippen LogP contribution in [0.1, 0.15) is 22.7 Å². The minimum Gasteiger partial charge on any atom is -0.484 e. The largest absolute Gasteiger partial charge is 0.484 e. The number of ether oxygens (including phenoxy) is 1. The molecule has 184 valence electrons. The Bertz CT molecular complexity index is 1320. The molecule has 0 bridgehead atoms. The Morgan fingerprint density at radius 3 is 1.81 bits per heavy atom. The van der Waals surface area contributed by atoms with Crippen LogP contribution in [0.15, 0.2) is 120 Å². The second kappa shape index (κ2) is 11.7. The summed E-state index contributed by atoms with van der Waals surface area (Å²) in [7, 11) is -2.12. The molecule has 0 unspecified atom stereocenters. The van der Waals surface area contributed by atoms with Crippen LogP contribution in [0.25, 0.3) is 0 Å². The van der Waals surface area contributed by atoms with E-state index < -0.39 is 10.0 Å². The third-order valence-corrected chi connectivity index (χ3v) is 7.54. The van der Waals surface area contributed by atoms with Crippen molar-refractivity contribution in [3.05, 3.63) is 132 Å². The van der Waals surface area contributed by atoms with E-state index in [1.807, 2.05) is 91.0 Å². The first-order valence-corrected chi connectivity index (χ1v) is 13.0. The molecule has 1 N–H and O–H groups in total. The molecule has 4 rings (SSSR count). The number of nitrogens with zero attached hydrogens (tertiary/aromatic N) is 1. The third-order valence-electron chi connectivity index (χ3n) is 5.72. The summed E-state index contributed by atoms with van der Waals surface area (Å²) in [5.41, 5.74) is 2.83. The number of hydrogen-bond acceptors (Lipinski definition) is 4. The van der Waals surface area contributed by atoms with Crippen molar-refractivity contribution in [1.29, 1.82) is 0 Å². The number of sulfonamides is 1. The second-order valence-electron chi connectivity index (χ2n) is 8.33. The van der Waals surface area contributed by atoms with Gasteiger partial charge in [0, 0.05) is 13.6 Å². The van der Waals surface area contributed by atoms with Gasteiger partial charge < -0.3 is 10.1 Å². The zero-order chi connectivity index (χ0) is 25.4. The first kappa shape index (κ1) is 25.2. The van der Waals surface area contributed by atoms with E-state index >= 15 is 0 Å². The van der Waals surface area contributed by atoms with Gasteiger partial charge in [-0.3, -0.25) is 4.79 Å². The monoisotopic (exact) mass is 500 g/mol. The Kier molecular flexibility index (Phi) is 8.15. The van der Waals surface area contributed by atoms with Crippen molar-refractivity contribution in [1.82, 2.24) is 9.62 Å². The van der Waals surface area contributed by atoms with E-state index in [1.165, 1.54) is 16.4 Å². The van der Waals surface area contributed by atoms with Gasteiger partial charge in [-0.2, -0.15) is 4.31 Å². The lowest BCUT2D eigenvalue weighted by Gasteiger charge is -2.20. The number of rotatable bonds is 10. The van der Waals surface area contributed by atoms with Gasteiger partial charge in [-0.25, -0.2) is 8.42 Å². The van der Waals surface area contributed by atoms with Crippen LogP contribution in [-0.2, 0) is 21.4 Å². The van der Waals surface area contributed by atoms with Gasteiger partial charge in [0.2, 0.25) is 10.0 Å². The molecule has 4 aromatic rings. The van der Waals surface area contributed by atoms with Crippen LogP contribution in [0.5, 0.6) is 5.75 Å². The number of amides is 1. The molecule has 4 aromatic carbocycles. The molecule has 1 amide bonds. The Labute approximate surface area is 212 Å². The van der Waals surface area contributed by atoms with Crippen molar-refractivity contribution in [2.45, 2.75) is 17.5 Å². The molecule has 0 fully saturated rings. The van der Waals surface area contributed by atoms with Gasteiger partial charge in [-0.1, -0.05) is 91.0 Å². The highest BCUT2D eigenvalue weighted by Crippen LogP contribution is 2.23. The molecule has 0 saturated heterocycles. The fourth-order valence-electron chi connectivity index (χ4n) is 3.81. The molecule has 0 aliphatic heterocycles. The molecule has 6 nitrogen and oxygen atoms in total. The quantitative estimate of drug-likeness (QED) is 0.340. The van der Waals surface area contributed by atoms with Gasteiger partial charge in [0.1, 0.15) is 5.75 Å². The van der Waals surface area contributed by atoms with Crippen LogP contribution < -0.4 is 10.1 Å². The predicted octanol–water partition coefficient (Wildman–Crippen LogP) is 4.79. The molecule has 0 aliphatic rings. The summed E-state index contributed by atoms with van der Waals surface area (Å²) in [4.78, 5) is 12.9. The molecular formula is C29H28N2O4S. The lowest BCUT2D eigenvalue weighted by Crippen LogP contribution is -2.33. The molecule has 0 aliphatic carbocycles. The smallest absolute Gasteiger partial charge is 0.258 e. The average molecular weight is 501 g/mol. The summed E-state index contributed by atoms with van der Waals surface area (Å²) < 4.78 is 32.8. The molecule has 0 atom stereocenters. The maximum absolute atomic E-state index is 12.9. The number of carbonyl (C=O) groups is 1. The van der Waals surface area contributed by atoms with Crippen LogP contribution in [0.2, 0.25) is 0 Å². The topological polar surface area (TPSA) is 75.7 Å². The highest BCUT2D eigenvalue weighted by Gasteiger charge is 2.21. The number of nitrogens with one attached hydrogen (secondary N) is 1. The standard InChI is InChI=1S/C29H28N2O4S/c1-31(21-23-11-5-2-6-12-23)36(33,34)27-19-17-26(18-20-27)35-22-28(32)30-29(24-13-7-3-8-14-24)25-15-9-4-10-16-25/h2-20,29H,21-22H2,1H3,(H,30,32). The SMILES string of the molecule is CN(Cc1ccccc1)S(=O)(=O)c1ccc(OCC(=O)NC(c2ccccc2)c2ccccc2)cc1. The van der Waals surface area contributed by atoms with Gasteiger partial charge in [0.05, 0.1) is 10.9 Å². The van der Waals surface area contributed by atoms with Crippen LogP contribution in [0.4, 0.5) is 0 Å². The van der Waals surface area contributed by atoms with Crippen molar-refractivity contribution in [2.24, 2.45) is 0 Å². The van der Waals surface area contributed by atoms with E-state index in [4.69, 9.17) is 4.74 Å². The first-order valence-electron chi connectivity index (χ1n) is 11.6. The fourth-order valence-corrected chi connectivity index (χ4v) is 4.97. The van der Waals surface area contributed by atoms with Gasteiger partial charge in [0.15, 0.2) is 6.61 Å². The summed E-state index contributed by atoms with van der Waals surface area (Å²) in [5, 5.41) is 3.03. The molecule has 7 heteroatoms. The maximum Gasteiger partial charge on any atom is 0.258 e. The first-order chi connectivity index (χ1) is 17.4. The van der Waals surface area contributed by atoms with E-state index in [0.717, 1.165) is 16.7 Å². The summed E-state index contributed by atoms with van der Waals surface area (Å²) in [6, 6.07) is 34.6. The molecule has 36 heavy (non-hydrogen) atoms. The van der Waals surface area contributed by atoms with Crippen molar-refractivity contribution in [3.8, 4) is 5.75 Å². The Balaban J connectivity index is 1.38. The molecule has 0 aromatic heterocycles. The second-order valence-corrected chi connectivity index (χ2v) is 10.4. The number of benzene rings is 4. The highest BCUT2D eigenvalue weighted by molar-refractivity contribution is 7.89. The zero-order valence-corrected chi connectivity index (χ0v) is 20.8. The van der Waals surface area contributed by atoms with Gasteiger partial charge >= 0.3 is 0 Å². The van der Waals surface area contributed by atoms with Crippen molar-refractivity contribution in [3.63, 3.8) is 0 Å². The number of hydrogen-bond donors (Lipinski definition) is 1. The molecule has 0 heterocycles. The average Bonchev–Trinajstić information content (AvgIpc) is 2.92. The van der Waals surface area contributed by atoms with Crippen molar-refractivity contribution in [2.75, 3.05) is 13.7 Å². The van der Waals surface area contributed by atoms with Gasteiger partial charge in [0.25, 0.3) is 5.91 Å². The van der Waals surface area contributed by atoms with Gasteiger partial charge in [-0.15, -0.1) is 0 Å². The highest BCUT2D eigenvalue weighted by atomic mass is 32.2. The van der Waals surface area contributed by atoms with Crippen molar-refractivity contribution >= 4 is 15.9 Å². The molecule has 0 radical (unpaired) electrons. The predicted molar refractivity (Wildman–Crippen MR) is 140 cm³/mol. The summed E-state index contributed by atoms with van der Waals surface area (Å²) >= 11 is 0. The van der Waals surface area contributed by atoms with E-state index in [-0.39, 0.29) is 30.0 Å². The van der Waals surface area contributed by atoms with Gasteiger partial charge in [-0.05, 0) is 41.0 Å². The Morgan fingerprint density at radius 1 is 0.778 bits per heavy atom. The van der Waals surface area contributed by atoms with Crippen LogP contribution in [0.3, 0.4) is 0 Å².